The van der Waals surface area contributed by atoms with Crippen LogP contribution in [-0.4, -0.2) is 60.2 Å². The van der Waals surface area contributed by atoms with Crippen LogP contribution in [0.1, 0.15) is 0 Å². The third-order valence-corrected chi connectivity index (χ3v) is 2.66. The fourth-order valence-electron chi connectivity index (χ4n) is 1.74. The highest BCUT2D eigenvalue weighted by Crippen LogP contribution is 2.04. The predicted octanol–water partition coefficient (Wildman–Crippen LogP) is -1.66. The quantitative estimate of drug-likeness (QED) is 0.569. The summed E-state index contributed by atoms with van der Waals surface area (Å²) in [7, 11) is 0. The Balaban J connectivity index is 1.91. The minimum Gasteiger partial charge on any atom is -0.339 e. The largest absolute Gasteiger partial charge is 0.339 e. The van der Waals surface area contributed by atoms with Crippen LogP contribution in [0.2, 0.25) is 0 Å². The Morgan fingerprint density at radius 1 is 1.19 bits per heavy atom. The van der Waals surface area contributed by atoms with E-state index in [1.54, 1.807) is 4.90 Å². The lowest BCUT2D eigenvalue weighted by Gasteiger charge is -2.28. The van der Waals surface area contributed by atoms with Gasteiger partial charge in [0, 0.05) is 38.3 Å². The van der Waals surface area contributed by atoms with Crippen LogP contribution in [0.4, 0.5) is 0 Å². The molecule has 0 aromatic heterocycles. The fourth-order valence-corrected chi connectivity index (χ4v) is 1.74. The molecule has 1 fully saturated rings. The molecular weight excluding hydrogens is 210 g/mol. The molecule has 0 atom stereocenters. The first kappa shape index (κ1) is 10.8. The molecule has 0 aliphatic carbocycles. The summed E-state index contributed by atoms with van der Waals surface area (Å²) in [5.41, 5.74) is 0. The van der Waals surface area contributed by atoms with Crippen molar-refractivity contribution in [2.45, 2.75) is 0 Å². The first-order valence-corrected chi connectivity index (χ1v) is 5.20. The number of amides is 3. The molecule has 1 N–H and O–H groups in total. The van der Waals surface area contributed by atoms with E-state index in [1.807, 2.05) is 0 Å². The molecule has 86 valence electrons. The summed E-state index contributed by atoms with van der Waals surface area (Å²) in [6.07, 6.45) is 2.38. The second-order valence-corrected chi connectivity index (χ2v) is 3.73. The maximum atomic E-state index is 11.8. The van der Waals surface area contributed by atoms with E-state index in [0.29, 0.717) is 13.1 Å². The highest BCUT2D eigenvalue weighted by atomic mass is 16.2. The zero-order chi connectivity index (χ0) is 11.5. The number of nitrogens with one attached hydrogen (secondary N) is 1. The molecule has 16 heavy (non-hydrogen) atoms. The Morgan fingerprint density at radius 2 is 1.75 bits per heavy atom. The SMILES string of the molecule is O=C(CN1C(=O)C=CC1=O)N1CCNCC1. The van der Waals surface area contributed by atoms with Gasteiger partial charge in [-0.15, -0.1) is 0 Å². The van der Waals surface area contributed by atoms with Crippen LogP contribution in [0.25, 0.3) is 0 Å². The molecule has 0 aromatic rings. The first-order valence-electron chi connectivity index (χ1n) is 5.20. The molecule has 0 bridgehead atoms. The van der Waals surface area contributed by atoms with Crippen molar-refractivity contribution in [2.24, 2.45) is 0 Å². The van der Waals surface area contributed by atoms with Crippen molar-refractivity contribution in [1.82, 2.24) is 15.1 Å². The van der Waals surface area contributed by atoms with E-state index in [2.05, 4.69) is 5.32 Å². The Morgan fingerprint density at radius 3 is 2.31 bits per heavy atom. The van der Waals surface area contributed by atoms with Gasteiger partial charge in [-0.3, -0.25) is 19.3 Å². The van der Waals surface area contributed by atoms with Crippen molar-refractivity contribution in [3.63, 3.8) is 0 Å². The topological polar surface area (TPSA) is 69.7 Å². The number of carbonyl (C=O) groups excluding carboxylic acids is 3. The minimum atomic E-state index is -0.409. The summed E-state index contributed by atoms with van der Waals surface area (Å²) < 4.78 is 0. The summed E-state index contributed by atoms with van der Waals surface area (Å²) in [5, 5.41) is 3.13. The molecule has 0 spiro atoms. The van der Waals surface area contributed by atoms with Gasteiger partial charge in [-0.2, -0.15) is 0 Å². The number of hydrogen-bond donors (Lipinski definition) is 1. The molecule has 2 rings (SSSR count). The van der Waals surface area contributed by atoms with Gasteiger partial charge in [-0.1, -0.05) is 0 Å². The van der Waals surface area contributed by atoms with E-state index in [9.17, 15) is 14.4 Å². The van der Waals surface area contributed by atoms with Gasteiger partial charge >= 0.3 is 0 Å². The fraction of sp³-hybridized carbons (Fsp3) is 0.500. The standard InChI is InChI=1S/C10H13N3O3/c14-8-1-2-9(15)13(8)7-10(16)12-5-3-11-4-6-12/h1-2,11H,3-7H2. The maximum absolute atomic E-state index is 11.8. The molecule has 0 saturated carbocycles. The zero-order valence-electron chi connectivity index (χ0n) is 8.81. The molecule has 3 amide bonds. The van der Waals surface area contributed by atoms with Gasteiger partial charge < -0.3 is 10.2 Å². The minimum absolute atomic E-state index is 0.148. The van der Waals surface area contributed by atoms with Gasteiger partial charge in [-0.05, 0) is 0 Å². The summed E-state index contributed by atoms with van der Waals surface area (Å²) in [6, 6.07) is 0. The van der Waals surface area contributed by atoms with Crippen molar-refractivity contribution in [1.29, 1.82) is 0 Å². The average Bonchev–Trinajstić information content (AvgIpc) is 2.62. The van der Waals surface area contributed by atoms with Crippen LogP contribution in [0.15, 0.2) is 12.2 Å². The Kier molecular flexibility index (Phi) is 3.00. The molecule has 6 nitrogen and oxygen atoms in total. The van der Waals surface area contributed by atoms with Crippen LogP contribution < -0.4 is 5.32 Å². The molecular formula is C10H13N3O3. The summed E-state index contributed by atoms with van der Waals surface area (Å²) in [4.78, 5) is 36.9. The Bertz CT molecular complexity index is 340. The third kappa shape index (κ3) is 2.11. The van der Waals surface area contributed by atoms with Gasteiger partial charge in [0.1, 0.15) is 6.54 Å². The van der Waals surface area contributed by atoms with Crippen LogP contribution in [-0.2, 0) is 14.4 Å². The first-order chi connectivity index (χ1) is 7.68. The van der Waals surface area contributed by atoms with E-state index < -0.39 is 11.8 Å². The van der Waals surface area contributed by atoms with Gasteiger partial charge in [0.2, 0.25) is 5.91 Å². The van der Waals surface area contributed by atoms with E-state index in [1.165, 1.54) is 12.2 Å². The molecule has 2 aliphatic heterocycles. The lowest BCUT2D eigenvalue weighted by molar-refractivity contribution is -0.144. The number of carbonyl (C=O) groups is 3. The molecule has 2 heterocycles. The number of hydrogen-bond acceptors (Lipinski definition) is 4. The van der Waals surface area contributed by atoms with Crippen LogP contribution in [0.5, 0.6) is 0 Å². The number of rotatable bonds is 2. The Labute approximate surface area is 92.9 Å². The van der Waals surface area contributed by atoms with E-state index in [-0.39, 0.29) is 12.5 Å². The number of nitrogens with zero attached hydrogens (tertiary/aromatic N) is 2. The van der Waals surface area contributed by atoms with Gasteiger partial charge in [0.25, 0.3) is 11.8 Å². The van der Waals surface area contributed by atoms with Crippen molar-refractivity contribution in [3.05, 3.63) is 12.2 Å². The highest BCUT2D eigenvalue weighted by Gasteiger charge is 2.27. The normalized spacial score (nSPS) is 20.8. The van der Waals surface area contributed by atoms with Gasteiger partial charge in [0.15, 0.2) is 0 Å². The third-order valence-electron chi connectivity index (χ3n) is 2.66. The van der Waals surface area contributed by atoms with Gasteiger partial charge in [-0.25, -0.2) is 0 Å². The van der Waals surface area contributed by atoms with Crippen molar-refractivity contribution >= 4 is 17.7 Å². The van der Waals surface area contributed by atoms with Crippen molar-refractivity contribution in [2.75, 3.05) is 32.7 Å². The predicted molar refractivity (Wildman–Crippen MR) is 55.3 cm³/mol. The van der Waals surface area contributed by atoms with Crippen molar-refractivity contribution in [3.8, 4) is 0 Å². The smallest absolute Gasteiger partial charge is 0.254 e. The molecule has 0 unspecified atom stereocenters. The van der Waals surface area contributed by atoms with Crippen LogP contribution in [0.3, 0.4) is 0 Å². The van der Waals surface area contributed by atoms with E-state index in [0.717, 1.165) is 18.0 Å². The molecule has 1 saturated heterocycles. The zero-order valence-corrected chi connectivity index (χ0v) is 8.81. The van der Waals surface area contributed by atoms with E-state index >= 15 is 0 Å². The monoisotopic (exact) mass is 223 g/mol. The maximum Gasteiger partial charge on any atom is 0.254 e. The molecule has 2 aliphatic rings. The van der Waals surface area contributed by atoms with Crippen molar-refractivity contribution < 1.29 is 14.4 Å². The van der Waals surface area contributed by atoms with Crippen LogP contribution in [0, 0.1) is 0 Å². The van der Waals surface area contributed by atoms with Crippen LogP contribution >= 0.6 is 0 Å². The lowest BCUT2D eigenvalue weighted by Crippen LogP contribution is -2.50. The molecule has 0 aromatic carbocycles. The highest BCUT2D eigenvalue weighted by molar-refractivity contribution is 6.14. The Hall–Kier alpha value is -1.69. The summed E-state index contributed by atoms with van der Waals surface area (Å²) >= 11 is 0. The lowest BCUT2D eigenvalue weighted by atomic mass is 10.3. The van der Waals surface area contributed by atoms with Gasteiger partial charge in [0.05, 0.1) is 0 Å². The molecule has 6 heteroatoms. The second kappa shape index (κ2) is 4.44. The van der Waals surface area contributed by atoms with E-state index in [4.69, 9.17) is 0 Å². The number of piperazine rings is 1. The molecule has 0 radical (unpaired) electrons. The summed E-state index contributed by atoms with van der Waals surface area (Å²) in [5.74, 6) is -0.992. The summed E-state index contributed by atoms with van der Waals surface area (Å²) in [6.45, 7) is 2.62. The second-order valence-electron chi connectivity index (χ2n) is 3.73. The average molecular weight is 223 g/mol. The number of imide groups is 1.